The fraction of sp³-hybridized carbons (Fsp3) is 0.0476. The van der Waals surface area contributed by atoms with Crippen molar-refractivity contribution in [2.75, 3.05) is 0 Å². The first-order valence-electron chi connectivity index (χ1n) is 7.98. The topological polar surface area (TPSA) is 43.4 Å². The van der Waals surface area contributed by atoms with Gasteiger partial charge in [0.15, 0.2) is 5.78 Å². The fourth-order valence-corrected chi connectivity index (χ4v) is 2.69. The SMILES string of the molecule is O=C(Cc1c(F)cccc1Cl)Oc1ccc(C(=O)c2ccc(F)cc2)cc1. The van der Waals surface area contributed by atoms with Crippen LogP contribution in [0.25, 0.3) is 0 Å². The Bertz CT molecular complexity index is 963. The number of hydrogen-bond donors (Lipinski definition) is 0. The molecule has 0 atom stereocenters. The number of esters is 1. The first-order chi connectivity index (χ1) is 12.9. The second-order valence-electron chi connectivity index (χ2n) is 5.71. The molecule has 3 aromatic rings. The molecule has 0 unspecified atom stereocenters. The molecule has 3 aromatic carbocycles. The van der Waals surface area contributed by atoms with Gasteiger partial charge in [-0.05, 0) is 60.7 Å². The summed E-state index contributed by atoms with van der Waals surface area (Å²) in [5.74, 6) is -1.77. The number of ether oxygens (including phenoxy) is 1. The molecule has 0 spiro atoms. The van der Waals surface area contributed by atoms with Crippen LogP contribution in [0.4, 0.5) is 8.78 Å². The van der Waals surface area contributed by atoms with Crippen LogP contribution in [0.15, 0.2) is 66.7 Å². The average molecular weight is 387 g/mol. The van der Waals surface area contributed by atoms with E-state index in [0.29, 0.717) is 11.1 Å². The maximum atomic E-state index is 13.7. The molecule has 0 aliphatic carbocycles. The van der Waals surface area contributed by atoms with E-state index < -0.39 is 17.6 Å². The minimum atomic E-state index is -0.681. The van der Waals surface area contributed by atoms with E-state index in [2.05, 4.69) is 0 Å². The summed E-state index contributed by atoms with van der Waals surface area (Å²) in [7, 11) is 0. The van der Waals surface area contributed by atoms with E-state index in [0.717, 1.165) is 0 Å². The van der Waals surface area contributed by atoms with Gasteiger partial charge in [0.2, 0.25) is 0 Å². The largest absolute Gasteiger partial charge is 0.426 e. The molecule has 0 aromatic heterocycles. The molecule has 0 saturated carbocycles. The Hall–Kier alpha value is -3.05. The Morgan fingerprint density at radius 3 is 2.04 bits per heavy atom. The highest BCUT2D eigenvalue weighted by atomic mass is 35.5. The van der Waals surface area contributed by atoms with Gasteiger partial charge >= 0.3 is 5.97 Å². The number of ketones is 1. The van der Waals surface area contributed by atoms with Crippen LogP contribution >= 0.6 is 11.6 Å². The molecule has 3 nitrogen and oxygen atoms in total. The summed E-state index contributed by atoms with van der Waals surface area (Å²) in [5.41, 5.74) is 0.765. The fourth-order valence-electron chi connectivity index (χ4n) is 2.46. The third-order valence-corrected chi connectivity index (χ3v) is 4.19. The van der Waals surface area contributed by atoms with Gasteiger partial charge in [-0.3, -0.25) is 9.59 Å². The van der Waals surface area contributed by atoms with Crippen molar-refractivity contribution in [3.05, 3.63) is 100 Å². The summed E-state index contributed by atoms with van der Waals surface area (Å²) in [6, 6.07) is 15.2. The predicted molar refractivity (Wildman–Crippen MR) is 97.0 cm³/mol. The molecule has 0 bridgehead atoms. The zero-order valence-electron chi connectivity index (χ0n) is 13.9. The molecule has 0 aliphatic heterocycles. The van der Waals surface area contributed by atoms with E-state index in [-0.39, 0.29) is 28.5 Å². The van der Waals surface area contributed by atoms with E-state index in [9.17, 15) is 18.4 Å². The summed E-state index contributed by atoms with van der Waals surface area (Å²) >= 11 is 5.89. The molecule has 6 heteroatoms. The lowest BCUT2D eigenvalue weighted by atomic mass is 10.0. The smallest absolute Gasteiger partial charge is 0.315 e. The Labute approximate surface area is 159 Å². The van der Waals surface area contributed by atoms with Gasteiger partial charge in [0.1, 0.15) is 17.4 Å². The molecule has 0 saturated heterocycles. The molecule has 136 valence electrons. The van der Waals surface area contributed by atoms with E-state index in [4.69, 9.17) is 16.3 Å². The van der Waals surface area contributed by atoms with Crippen molar-refractivity contribution in [3.8, 4) is 5.75 Å². The second-order valence-corrected chi connectivity index (χ2v) is 6.12. The van der Waals surface area contributed by atoms with Gasteiger partial charge in [-0.2, -0.15) is 0 Å². The summed E-state index contributed by atoms with van der Waals surface area (Å²) in [6.07, 6.45) is -0.318. The molecule has 0 fully saturated rings. The minimum absolute atomic E-state index is 0.0623. The molecule has 27 heavy (non-hydrogen) atoms. The van der Waals surface area contributed by atoms with E-state index >= 15 is 0 Å². The minimum Gasteiger partial charge on any atom is -0.426 e. The molecule has 0 amide bonds. The van der Waals surface area contributed by atoms with Crippen LogP contribution in [-0.4, -0.2) is 11.8 Å². The van der Waals surface area contributed by atoms with Gasteiger partial charge in [-0.25, -0.2) is 8.78 Å². The van der Waals surface area contributed by atoms with Gasteiger partial charge in [0.05, 0.1) is 6.42 Å². The van der Waals surface area contributed by atoms with Crippen LogP contribution in [0.5, 0.6) is 5.75 Å². The van der Waals surface area contributed by atoms with Crippen molar-refractivity contribution in [3.63, 3.8) is 0 Å². The molecule has 0 N–H and O–H groups in total. The maximum absolute atomic E-state index is 13.7. The van der Waals surface area contributed by atoms with Crippen LogP contribution in [0.1, 0.15) is 21.5 Å². The van der Waals surface area contributed by atoms with Crippen LogP contribution in [0, 0.1) is 11.6 Å². The first-order valence-corrected chi connectivity index (χ1v) is 8.36. The highest BCUT2D eigenvalue weighted by Gasteiger charge is 2.14. The first kappa shape index (κ1) is 18.7. The second kappa shape index (κ2) is 8.10. The zero-order chi connectivity index (χ0) is 19.4. The van der Waals surface area contributed by atoms with Gasteiger partial charge in [0, 0.05) is 21.7 Å². The number of carbonyl (C=O) groups is 2. The number of carbonyl (C=O) groups excluding carboxylic acids is 2. The molecular formula is C21H13ClF2O3. The molecule has 0 radical (unpaired) electrons. The maximum Gasteiger partial charge on any atom is 0.315 e. The quantitative estimate of drug-likeness (QED) is 0.352. The molecule has 0 aliphatic rings. The molecular weight excluding hydrogens is 374 g/mol. The lowest BCUT2D eigenvalue weighted by Crippen LogP contribution is -2.13. The third-order valence-electron chi connectivity index (χ3n) is 3.84. The van der Waals surface area contributed by atoms with Gasteiger partial charge in [-0.1, -0.05) is 17.7 Å². The average Bonchev–Trinajstić information content (AvgIpc) is 2.65. The van der Waals surface area contributed by atoms with E-state index in [1.807, 2.05) is 0 Å². The third kappa shape index (κ3) is 4.57. The summed E-state index contributed by atoms with van der Waals surface area (Å²) < 4.78 is 31.8. The van der Waals surface area contributed by atoms with Crippen molar-refractivity contribution < 1.29 is 23.1 Å². The predicted octanol–water partition coefficient (Wildman–Crippen LogP) is 5.00. The Morgan fingerprint density at radius 1 is 0.852 bits per heavy atom. The lowest BCUT2D eigenvalue weighted by molar-refractivity contribution is -0.133. The van der Waals surface area contributed by atoms with Crippen molar-refractivity contribution in [1.82, 2.24) is 0 Å². The normalized spacial score (nSPS) is 10.5. The van der Waals surface area contributed by atoms with Crippen LogP contribution in [0.2, 0.25) is 5.02 Å². The van der Waals surface area contributed by atoms with Gasteiger partial charge in [0.25, 0.3) is 0 Å². The number of hydrogen-bond acceptors (Lipinski definition) is 3. The summed E-state index contributed by atoms with van der Waals surface area (Å²) in [4.78, 5) is 24.3. The highest BCUT2D eigenvalue weighted by Crippen LogP contribution is 2.21. The Balaban J connectivity index is 1.67. The van der Waals surface area contributed by atoms with Crippen molar-refractivity contribution >= 4 is 23.4 Å². The van der Waals surface area contributed by atoms with E-state index in [1.54, 1.807) is 0 Å². The van der Waals surface area contributed by atoms with Gasteiger partial charge < -0.3 is 4.74 Å². The van der Waals surface area contributed by atoms with E-state index in [1.165, 1.54) is 66.7 Å². The number of benzene rings is 3. The van der Waals surface area contributed by atoms with Crippen molar-refractivity contribution in [2.24, 2.45) is 0 Å². The van der Waals surface area contributed by atoms with Crippen LogP contribution in [0.3, 0.4) is 0 Å². The van der Waals surface area contributed by atoms with Crippen molar-refractivity contribution in [2.45, 2.75) is 6.42 Å². The number of halogens is 3. The Kier molecular flexibility index (Phi) is 5.62. The van der Waals surface area contributed by atoms with Crippen LogP contribution in [-0.2, 0) is 11.2 Å². The Morgan fingerprint density at radius 2 is 1.44 bits per heavy atom. The number of rotatable bonds is 5. The lowest BCUT2D eigenvalue weighted by Gasteiger charge is -2.07. The summed E-state index contributed by atoms with van der Waals surface area (Å²) in [6.45, 7) is 0. The molecule has 0 heterocycles. The molecule has 3 rings (SSSR count). The van der Waals surface area contributed by atoms with Gasteiger partial charge in [-0.15, -0.1) is 0 Å². The monoisotopic (exact) mass is 386 g/mol. The van der Waals surface area contributed by atoms with Crippen LogP contribution < -0.4 is 4.74 Å². The summed E-state index contributed by atoms with van der Waals surface area (Å²) in [5, 5.41) is 0.146. The highest BCUT2D eigenvalue weighted by molar-refractivity contribution is 6.31. The standard InChI is InChI=1S/C21H13ClF2O3/c22-18-2-1-3-19(24)17(18)12-20(25)27-16-10-6-14(7-11-16)21(26)13-4-8-15(23)9-5-13/h1-11H,12H2. The zero-order valence-corrected chi connectivity index (χ0v) is 14.7. The van der Waals surface area contributed by atoms with Crippen molar-refractivity contribution in [1.29, 1.82) is 0 Å².